The molecule has 1 fully saturated rings. The van der Waals surface area contributed by atoms with Gasteiger partial charge in [-0.2, -0.15) is 5.10 Å². The molecule has 0 bridgehead atoms. The molecule has 3 heterocycles. The molecule has 2 aromatic heterocycles. The van der Waals surface area contributed by atoms with Crippen LogP contribution in [-0.2, 0) is 17.7 Å². The molecule has 0 aliphatic carbocycles. The van der Waals surface area contributed by atoms with E-state index in [-0.39, 0.29) is 30.5 Å². The van der Waals surface area contributed by atoms with Gasteiger partial charge >= 0.3 is 0 Å². The minimum atomic E-state index is -0.619. The number of halogens is 2. The van der Waals surface area contributed by atoms with E-state index >= 15 is 0 Å². The van der Waals surface area contributed by atoms with Gasteiger partial charge in [-0.3, -0.25) is 4.79 Å². The SMILES string of the molecule is CCn1ncc2c(NC3CCOCC3)c(C(=O)NCCc3c(F)cccc3F)cnc21. The summed E-state index contributed by atoms with van der Waals surface area (Å²) in [4.78, 5) is 17.4. The van der Waals surface area contributed by atoms with E-state index in [1.165, 1.54) is 24.4 Å². The third kappa shape index (κ3) is 4.51. The Balaban J connectivity index is 1.56. The zero-order valence-corrected chi connectivity index (χ0v) is 17.3. The van der Waals surface area contributed by atoms with Gasteiger partial charge in [-0.1, -0.05) is 6.07 Å². The van der Waals surface area contributed by atoms with E-state index in [1.54, 1.807) is 10.9 Å². The minimum absolute atomic E-state index is 0.0406. The lowest BCUT2D eigenvalue weighted by Gasteiger charge is -2.25. The molecule has 0 unspecified atom stereocenters. The third-order valence-corrected chi connectivity index (χ3v) is 5.50. The summed E-state index contributed by atoms with van der Waals surface area (Å²) in [5, 5.41) is 11.4. The largest absolute Gasteiger partial charge is 0.381 e. The van der Waals surface area contributed by atoms with Gasteiger partial charge < -0.3 is 15.4 Å². The highest BCUT2D eigenvalue weighted by Gasteiger charge is 2.22. The lowest BCUT2D eigenvalue weighted by Crippen LogP contribution is -2.31. The summed E-state index contributed by atoms with van der Waals surface area (Å²) in [5.41, 5.74) is 1.71. The van der Waals surface area contributed by atoms with Crippen LogP contribution in [0.15, 0.2) is 30.6 Å². The second-order valence-corrected chi connectivity index (χ2v) is 7.48. The van der Waals surface area contributed by atoms with E-state index in [9.17, 15) is 13.6 Å². The molecule has 0 atom stereocenters. The fourth-order valence-corrected chi connectivity index (χ4v) is 3.80. The number of nitrogens with one attached hydrogen (secondary N) is 2. The first kappa shape index (κ1) is 21.2. The highest BCUT2D eigenvalue weighted by atomic mass is 19.1. The summed E-state index contributed by atoms with van der Waals surface area (Å²) in [6, 6.07) is 3.90. The zero-order chi connectivity index (χ0) is 21.8. The first-order chi connectivity index (χ1) is 15.1. The van der Waals surface area contributed by atoms with Gasteiger partial charge in [0.05, 0.1) is 22.8 Å². The van der Waals surface area contributed by atoms with Crippen molar-refractivity contribution in [2.45, 2.75) is 38.8 Å². The Bertz CT molecular complexity index is 1060. The number of amides is 1. The second kappa shape index (κ2) is 9.38. The molecule has 1 aromatic carbocycles. The van der Waals surface area contributed by atoms with Crippen molar-refractivity contribution in [2.75, 3.05) is 25.1 Å². The monoisotopic (exact) mass is 429 g/mol. The number of ether oxygens (including phenoxy) is 1. The summed E-state index contributed by atoms with van der Waals surface area (Å²) < 4.78 is 34.9. The van der Waals surface area contributed by atoms with Gasteiger partial charge in [0.25, 0.3) is 5.91 Å². The van der Waals surface area contributed by atoms with Gasteiger partial charge in [-0.05, 0) is 38.3 Å². The molecule has 0 spiro atoms. The molecule has 3 aromatic rings. The van der Waals surface area contributed by atoms with Gasteiger partial charge in [-0.25, -0.2) is 18.4 Å². The second-order valence-electron chi connectivity index (χ2n) is 7.48. The van der Waals surface area contributed by atoms with Crippen LogP contribution in [0.3, 0.4) is 0 Å². The van der Waals surface area contributed by atoms with Crippen LogP contribution in [0.4, 0.5) is 14.5 Å². The summed E-state index contributed by atoms with van der Waals surface area (Å²) in [7, 11) is 0. The number of nitrogens with zero attached hydrogens (tertiary/aromatic N) is 3. The van der Waals surface area contributed by atoms with Crippen LogP contribution in [0.1, 0.15) is 35.7 Å². The highest BCUT2D eigenvalue weighted by molar-refractivity contribution is 6.06. The number of hydrogen-bond donors (Lipinski definition) is 2. The third-order valence-electron chi connectivity index (χ3n) is 5.50. The molecule has 9 heteroatoms. The number of aromatic nitrogens is 3. The summed E-state index contributed by atoms with van der Waals surface area (Å²) in [5.74, 6) is -1.60. The molecular formula is C22H25F2N5O2. The van der Waals surface area contributed by atoms with Crippen molar-refractivity contribution >= 4 is 22.6 Å². The molecule has 31 heavy (non-hydrogen) atoms. The minimum Gasteiger partial charge on any atom is -0.381 e. The van der Waals surface area contributed by atoms with Crippen LogP contribution < -0.4 is 10.6 Å². The predicted molar refractivity (Wildman–Crippen MR) is 113 cm³/mol. The van der Waals surface area contributed by atoms with E-state index in [0.29, 0.717) is 36.7 Å². The number of anilines is 1. The Hall–Kier alpha value is -3.07. The fourth-order valence-electron chi connectivity index (χ4n) is 3.80. The van der Waals surface area contributed by atoms with Crippen molar-refractivity contribution < 1.29 is 18.3 Å². The van der Waals surface area contributed by atoms with Crippen molar-refractivity contribution in [1.82, 2.24) is 20.1 Å². The van der Waals surface area contributed by atoms with Crippen molar-refractivity contribution in [2.24, 2.45) is 0 Å². The molecule has 0 radical (unpaired) electrons. The molecule has 4 rings (SSSR count). The topological polar surface area (TPSA) is 81.1 Å². The maximum Gasteiger partial charge on any atom is 0.254 e. The number of hydrogen-bond acceptors (Lipinski definition) is 5. The molecule has 164 valence electrons. The van der Waals surface area contributed by atoms with Crippen LogP contribution in [0, 0.1) is 11.6 Å². The molecule has 2 N–H and O–H groups in total. The van der Waals surface area contributed by atoms with E-state index in [4.69, 9.17) is 4.74 Å². The van der Waals surface area contributed by atoms with Gasteiger partial charge in [-0.15, -0.1) is 0 Å². The van der Waals surface area contributed by atoms with E-state index < -0.39 is 11.6 Å². The Morgan fingerprint density at radius 3 is 2.68 bits per heavy atom. The maximum atomic E-state index is 13.8. The van der Waals surface area contributed by atoms with Crippen LogP contribution in [0.2, 0.25) is 0 Å². The number of pyridine rings is 1. The maximum absolute atomic E-state index is 13.8. The molecule has 1 aliphatic heterocycles. The molecule has 1 aliphatic rings. The Morgan fingerprint density at radius 1 is 1.23 bits per heavy atom. The summed E-state index contributed by atoms with van der Waals surface area (Å²) in [6.07, 6.45) is 4.95. The molecule has 1 amide bonds. The van der Waals surface area contributed by atoms with Crippen LogP contribution in [0.5, 0.6) is 0 Å². The Kier molecular flexibility index (Phi) is 6.41. The Labute approximate surface area is 178 Å². The summed E-state index contributed by atoms with van der Waals surface area (Å²) in [6.45, 7) is 4.06. The average molecular weight is 429 g/mol. The Morgan fingerprint density at radius 2 is 1.97 bits per heavy atom. The molecule has 0 saturated carbocycles. The summed E-state index contributed by atoms with van der Waals surface area (Å²) >= 11 is 0. The lowest BCUT2D eigenvalue weighted by molar-refractivity contribution is 0.0904. The van der Waals surface area contributed by atoms with E-state index in [1.807, 2.05) is 6.92 Å². The first-order valence-electron chi connectivity index (χ1n) is 10.5. The number of aryl methyl sites for hydroxylation is 1. The van der Waals surface area contributed by atoms with Crippen molar-refractivity contribution in [3.05, 3.63) is 53.4 Å². The average Bonchev–Trinajstić information content (AvgIpc) is 3.20. The van der Waals surface area contributed by atoms with Crippen molar-refractivity contribution in [3.8, 4) is 0 Å². The quantitative estimate of drug-likeness (QED) is 0.602. The number of benzene rings is 1. The van der Waals surface area contributed by atoms with Crippen LogP contribution in [-0.4, -0.2) is 46.5 Å². The normalized spacial score (nSPS) is 14.7. The smallest absolute Gasteiger partial charge is 0.254 e. The van der Waals surface area contributed by atoms with Crippen molar-refractivity contribution in [3.63, 3.8) is 0 Å². The first-order valence-corrected chi connectivity index (χ1v) is 10.5. The van der Waals surface area contributed by atoms with Gasteiger partial charge in [0, 0.05) is 44.1 Å². The number of rotatable bonds is 7. The number of fused-ring (bicyclic) bond motifs is 1. The fraction of sp³-hybridized carbons (Fsp3) is 0.409. The highest BCUT2D eigenvalue weighted by Crippen LogP contribution is 2.28. The lowest BCUT2D eigenvalue weighted by atomic mass is 10.1. The van der Waals surface area contributed by atoms with Crippen molar-refractivity contribution in [1.29, 1.82) is 0 Å². The number of carbonyl (C=O) groups excluding carboxylic acids is 1. The molecule has 1 saturated heterocycles. The van der Waals surface area contributed by atoms with Gasteiger partial charge in [0.2, 0.25) is 0 Å². The standard InChI is InChI=1S/C22H25F2N5O2/c1-2-29-21-16(13-27-29)20(28-14-7-10-31-11-8-14)17(12-26-21)22(30)25-9-6-15-18(23)4-3-5-19(15)24/h3-5,12-14H,2,6-11H2,1H3,(H,25,30)(H,26,28). The predicted octanol–water partition coefficient (Wildman–Crippen LogP) is 3.29. The molecular weight excluding hydrogens is 404 g/mol. The van der Waals surface area contributed by atoms with Crippen LogP contribution >= 0.6 is 0 Å². The molecule has 7 nitrogen and oxygen atoms in total. The van der Waals surface area contributed by atoms with Gasteiger partial charge in [0.1, 0.15) is 11.6 Å². The van der Waals surface area contributed by atoms with E-state index in [0.717, 1.165) is 18.2 Å². The number of carbonyl (C=O) groups is 1. The van der Waals surface area contributed by atoms with Crippen LogP contribution in [0.25, 0.3) is 11.0 Å². The van der Waals surface area contributed by atoms with Gasteiger partial charge in [0.15, 0.2) is 5.65 Å². The van der Waals surface area contributed by atoms with E-state index in [2.05, 4.69) is 20.7 Å². The zero-order valence-electron chi connectivity index (χ0n) is 17.3.